The molecular weight excluding hydrogens is 365 g/mol. The number of benzene rings is 1. The van der Waals surface area contributed by atoms with Gasteiger partial charge in [0.2, 0.25) is 15.9 Å². The molecule has 0 bridgehead atoms. The van der Waals surface area contributed by atoms with Crippen molar-refractivity contribution in [2.24, 2.45) is 0 Å². The third-order valence-corrected chi connectivity index (χ3v) is 4.58. The van der Waals surface area contributed by atoms with Gasteiger partial charge in [-0.15, -0.1) is 0 Å². The van der Waals surface area contributed by atoms with Gasteiger partial charge in [0.1, 0.15) is 4.90 Å². The summed E-state index contributed by atoms with van der Waals surface area (Å²) in [6.07, 6.45) is 0. The van der Waals surface area contributed by atoms with Gasteiger partial charge in [-0.25, -0.2) is 12.8 Å². The van der Waals surface area contributed by atoms with Crippen LogP contribution in [0.4, 0.5) is 10.1 Å². The van der Waals surface area contributed by atoms with E-state index in [2.05, 4.69) is 26.0 Å². The number of hydrogen-bond donors (Lipinski definition) is 3. The number of amides is 1. The first kappa shape index (κ1) is 17.9. The average molecular weight is 382 g/mol. The van der Waals surface area contributed by atoms with Crippen LogP contribution in [0.15, 0.2) is 21.5 Å². The number of carbonyl (C=O) groups is 1. The highest BCUT2D eigenvalue weighted by Crippen LogP contribution is 2.26. The molecule has 0 spiro atoms. The minimum absolute atomic E-state index is 0.0674. The highest BCUT2D eigenvalue weighted by Gasteiger charge is 2.26. The first-order chi connectivity index (χ1) is 9.54. The van der Waals surface area contributed by atoms with Gasteiger partial charge in [-0.3, -0.25) is 4.79 Å². The number of hydrogen-bond acceptors (Lipinski definition) is 4. The maximum atomic E-state index is 13.9. The van der Waals surface area contributed by atoms with Crippen molar-refractivity contribution < 1.29 is 17.6 Å². The SMILES string of the molecule is CC(C)NC(=O)C(C)NS(=O)(=O)c1cc(N)cc(Br)c1F. The summed E-state index contributed by atoms with van der Waals surface area (Å²) in [4.78, 5) is 11.1. The number of nitrogens with one attached hydrogen (secondary N) is 2. The van der Waals surface area contributed by atoms with Crippen LogP contribution in [-0.4, -0.2) is 26.4 Å². The lowest BCUT2D eigenvalue weighted by molar-refractivity contribution is -0.122. The fourth-order valence-electron chi connectivity index (χ4n) is 1.54. The van der Waals surface area contributed by atoms with E-state index >= 15 is 0 Å². The molecule has 21 heavy (non-hydrogen) atoms. The van der Waals surface area contributed by atoms with Crippen molar-refractivity contribution in [1.82, 2.24) is 10.0 Å². The Morgan fingerprint density at radius 1 is 1.33 bits per heavy atom. The molecule has 0 aliphatic heterocycles. The molecule has 0 saturated carbocycles. The molecule has 1 aromatic carbocycles. The molecular formula is C12H17BrFN3O3S. The zero-order chi connectivity index (χ0) is 16.4. The van der Waals surface area contributed by atoms with Crippen LogP contribution in [0.2, 0.25) is 0 Å². The van der Waals surface area contributed by atoms with E-state index in [1.165, 1.54) is 13.0 Å². The predicted molar refractivity (Wildman–Crippen MR) is 81.6 cm³/mol. The molecule has 4 N–H and O–H groups in total. The molecule has 1 atom stereocenters. The van der Waals surface area contributed by atoms with Crippen LogP contribution in [-0.2, 0) is 14.8 Å². The van der Waals surface area contributed by atoms with Crippen LogP contribution < -0.4 is 15.8 Å². The Labute approximate surface area is 131 Å². The Kier molecular flexibility index (Phi) is 5.71. The monoisotopic (exact) mass is 381 g/mol. The Morgan fingerprint density at radius 3 is 2.43 bits per heavy atom. The number of anilines is 1. The molecule has 6 nitrogen and oxygen atoms in total. The Hall–Kier alpha value is -1.19. The van der Waals surface area contributed by atoms with Crippen LogP contribution in [0.5, 0.6) is 0 Å². The minimum Gasteiger partial charge on any atom is -0.399 e. The van der Waals surface area contributed by atoms with E-state index in [-0.39, 0.29) is 16.2 Å². The van der Waals surface area contributed by atoms with E-state index < -0.39 is 32.7 Å². The standard InChI is InChI=1S/C12H17BrFN3O3S/c1-6(2)16-12(18)7(3)17-21(19,20)10-5-8(15)4-9(13)11(10)14/h4-7,17H,15H2,1-3H3,(H,16,18). The second-order valence-corrected chi connectivity index (χ2v) is 7.36. The van der Waals surface area contributed by atoms with E-state index in [1.54, 1.807) is 13.8 Å². The number of sulfonamides is 1. The summed E-state index contributed by atoms with van der Waals surface area (Å²) in [5, 5.41) is 2.56. The van der Waals surface area contributed by atoms with Crippen LogP contribution in [0.1, 0.15) is 20.8 Å². The normalized spacial score (nSPS) is 13.2. The number of nitrogen functional groups attached to an aromatic ring is 1. The zero-order valence-electron chi connectivity index (χ0n) is 11.8. The van der Waals surface area contributed by atoms with E-state index in [4.69, 9.17) is 5.73 Å². The van der Waals surface area contributed by atoms with Gasteiger partial charge in [-0.2, -0.15) is 4.72 Å². The van der Waals surface area contributed by atoms with Gasteiger partial charge in [0, 0.05) is 11.7 Å². The number of nitrogens with two attached hydrogens (primary N) is 1. The topological polar surface area (TPSA) is 101 Å². The quantitative estimate of drug-likeness (QED) is 0.670. The Morgan fingerprint density at radius 2 is 1.90 bits per heavy atom. The van der Waals surface area contributed by atoms with Gasteiger partial charge in [-0.05, 0) is 48.8 Å². The summed E-state index contributed by atoms with van der Waals surface area (Å²) in [7, 11) is -4.21. The molecule has 0 saturated heterocycles. The molecule has 0 aromatic heterocycles. The van der Waals surface area contributed by atoms with E-state index in [0.29, 0.717) is 0 Å². The zero-order valence-corrected chi connectivity index (χ0v) is 14.2. The smallest absolute Gasteiger partial charge is 0.244 e. The number of rotatable bonds is 5. The molecule has 9 heteroatoms. The molecule has 0 aliphatic rings. The maximum Gasteiger partial charge on any atom is 0.244 e. The summed E-state index contributed by atoms with van der Waals surface area (Å²) < 4.78 is 40.3. The lowest BCUT2D eigenvalue weighted by Gasteiger charge is -2.16. The molecule has 1 rings (SSSR count). The van der Waals surface area contributed by atoms with Crippen LogP contribution in [0.3, 0.4) is 0 Å². The number of carbonyl (C=O) groups excluding carboxylic acids is 1. The molecule has 0 radical (unpaired) electrons. The molecule has 0 aliphatic carbocycles. The van der Waals surface area contributed by atoms with E-state index in [9.17, 15) is 17.6 Å². The van der Waals surface area contributed by atoms with Gasteiger partial charge < -0.3 is 11.1 Å². The molecule has 0 heterocycles. The van der Waals surface area contributed by atoms with Crippen molar-refractivity contribution in [1.29, 1.82) is 0 Å². The van der Waals surface area contributed by atoms with E-state index in [1.807, 2.05) is 0 Å². The van der Waals surface area contributed by atoms with Crippen molar-refractivity contribution in [3.8, 4) is 0 Å². The van der Waals surface area contributed by atoms with Gasteiger partial charge in [0.25, 0.3) is 0 Å². The second kappa shape index (κ2) is 6.71. The molecule has 1 amide bonds. The first-order valence-corrected chi connectivity index (χ1v) is 8.39. The van der Waals surface area contributed by atoms with Crippen LogP contribution in [0.25, 0.3) is 0 Å². The van der Waals surface area contributed by atoms with E-state index in [0.717, 1.165) is 6.07 Å². The van der Waals surface area contributed by atoms with Gasteiger partial charge >= 0.3 is 0 Å². The maximum absolute atomic E-state index is 13.9. The van der Waals surface area contributed by atoms with Crippen molar-refractivity contribution in [3.63, 3.8) is 0 Å². The first-order valence-electron chi connectivity index (χ1n) is 6.12. The fraction of sp³-hybridized carbons (Fsp3) is 0.417. The number of halogens is 2. The highest BCUT2D eigenvalue weighted by molar-refractivity contribution is 9.10. The van der Waals surface area contributed by atoms with Gasteiger partial charge in [0.15, 0.2) is 5.82 Å². The average Bonchev–Trinajstić information content (AvgIpc) is 2.32. The predicted octanol–water partition coefficient (Wildman–Crippen LogP) is 1.36. The van der Waals surface area contributed by atoms with Crippen molar-refractivity contribution >= 4 is 37.5 Å². The van der Waals surface area contributed by atoms with Crippen LogP contribution in [0, 0.1) is 5.82 Å². The minimum atomic E-state index is -4.21. The molecule has 118 valence electrons. The van der Waals surface area contributed by atoms with Crippen molar-refractivity contribution in [2.75, 3.05) is 5.73 Å². The summed E-state index contributed by atoms with van der Waals surface area (Å²) >= 11 is 2.89. The summed E-state index contributed by atoms with van der Waals surface area (Å²) in [6, 6.07) is 1.07. The largest absolute Gasteiger partial charge is 0.399 e. The van der Waals surface area contributed by atoms with Crippen molar-refractivity contribution in [3.05, 3.63) is 22.4 Å². The van der Waals surface area contributed by atoms with Gasteiger partial charge in [-0.1, -0.05) is 0 Å². The Bertz CT molecular complexity index is 649. The lowest BCUT2D eigenvalue weighted by atomic mass is 10.3. The Balaban J connectivity index is 3.05. The third kappa shape index (κ3) is 4.65. The molecule has 1 unspecified atom stereocenters. The summed E-state index contributed by atoms with van der Waals surface area (Å²) in [6.45, 7) is 4.86. The molecule has 0 fully saturated rings. The summed E-state index contributed by atoms with van der Waals surface area (Å²) in [5.74, 6) is -1.47. The van der Waals surface area contributed by atoms with Gasteiger partial charge in [0.05, 0.1) is 10.5 Å². The fourth-order valence-corrected chi connectivity index (χ4v) is 3.48. The highest BCUT2D eigenvalue weighted by atomic mass is 79.9. The second-order valence-electron chi connectivity index (χ2n) is 4.82. The molecule has 1 aromatic rings. The lowest BCUT2D eigenvalue weighted by Crippen LogP contribution is -2.46. The van der Waals surface area contributed by atoms with Crippen molar-refractivity contribution in [2.45, 2.75) is 37.8 Å². The third-order valence-electron chi connectivity index (χ3n) is 2.46. The van der Waals surface area contributed by atoms with Crippen LogP contribution >= 0.6 is 15.9 Å². The summed E-state index contributed by atoms with van der Waals surface area (Å²) in [5.41, 5.74) is 5.60.